The monoisotopic (exact) mass is 418 g/mol. The van der Waals surface area contributed by atoms with Gasteiger partial charge in [0.2, 0.25) is 0 Å². The van der Waals surface area contributed by atoms with E-state index in [1.165, 1.54) is 5.56 Å². The normalized spacial score (nSPS) is 12.7. The number of ether oxygens (including phenoxy) is 3. The van der Waals surface area contributed by atoms with Crippen molar-refractivity contribution in [2.45, 2.75) is 13.2 Å². The van der Waals surface area contributed by atoms with Gasteiger partial charge in [-0.2, -0.15) is 0 Å². The molecule has 0 aliphatic carbocycles. The zero-order chi connectivity index (χ0) is 21.5. The van der Waals surface area contributed by atoms with E-state index in [0.29, 0.717) is 41.7 Å². The third kappa shape index (κ3) is 3.15. The fourth-order valence-electron chi connectivity index (χ4n) is 3.84. The summed E-state index contributed by atoms with van der Waals surface area (Å²) >= 11 is 0. The smallest absolute Gasteiger partial charge is 0.162 e. The summed E-state index contributed by atoms with van der Waals surface area (Å²) in [6.07, 6.45) is 1.87. The number of benzene rings is 2. The fraction of sp³-hybridized carbons (Fsp3) is 0.182. The van der Waals surface area contributed by atoms with Crippen molar-refractivity contribution >= 4 is 33.9 Å². The van der Waals surface area contributed by atoms with Crippen molar-refractivity contribution in [1.29, 1.82) is 0 Å². The summed E-state index contributed by atoms with van der Waals surface area (Å²) < 4.78 is 18.1. The van der Waals surface area contributed by atoms with E-state index in [4.69, 9.17) is 25.7 Å². The summed E-state index contributed by atoms with van der Waals surface area (Å²) in [5.74, 6) is 2.55. The molecule has 0 atom stereocenters. The lowest BCUT2D eigenvalue weighted by Gasteiger charge is -2.12. The molecule has 0 unspecified atom stereocenters. The second-order valence-electron chi connectivity index (χ2n) is 7.25. The highest BCUT2D eigenvalue weighted by molar-refractivity contribution is 6.06. The summed E-state index contributed by atoms with van der Waals surface area (Å²) in [5.41, 5.74) is 16.6. The van der Waals surface area contributed by atoms with Crippen LogP contribution >= 0.6 is 0 Å². The first-order valence-electron chi connectivity index (χ1n) is 9.70. The molecule has 9 nitrogen and oxygen atoms in total. The van der Waals surface area contributed by atoms with Crippen LogP contribution in [0.25, 0.3) is 16.5 Å². The Balaban J connectivity index is 1.62. The van der Waals surface area contributed by atoms with E-state index in [2.05, 4.69) is 21.6 Å². The molecule has 158 valence electrons. The van der Waals surface area contributed by atoms with Gasteiger partial charge in [-0.1, -0.05) is 6.07 Å². The summed E-state index contributed by atoms with van der Waals surface area (Å²) in [7, 11) is 3.20. The van der Waals surface area contributed by atoms with Crippen molar-refractivity contribution in [3.05, 3.63) is 53.7 Å². The average molecular weight is 418 g/mol. The van der Waals surface area contributed by atoms with Crippen LogP contribution in [-0.4, -0.2) is 29.0 Å². The number of hydrogen-bond acceptors (Lipinski definition) is 8. The highest BCUT2D eigenvalue weighted by Gasteiger charge is 2.19. The Morgan fingerprint density at radius 1 is 1.00 bits per heavy atom. The molecular formula is C22H22N6O3. The zero-order valence-corrected chi connectivity index (χ0v) is 17.2. The molecule has 0 radical (unpaired) electrons. The lowest BCUT2D eigenvalue weighted by molar-refractivity contribution is 0.134. The van der Waals surface area contributed by atoms with E-state index in [1.807, 2.05) is 35.0 Å². The maximum Gasteiger partial charge on any atom is 0.162 e. The summed E-state index contributed by atoms with van der Waals surface area (Å²) in [6, 6.07) is 11.6. The molecule has 1 aliphatic rings. The quantitative estimate of drug-likeness (QED) is 0.451. The van der Waals surface area contributed by atoms with Crippen LogP contribution in [0.4, 0.5) is 23.1 Å². The lowest BCUT2D eigenvalue weighted by atomic mass is 10.1. The van der Waals surface area contributed by atoms with Crippen molar-refractivity contribution in [2.24, 2.45) is 0 Å². The Bertz CT molecular complexity index is 1300. The molecular weight excluding hydrogens is 396 g/mol. The Morgan fingerprint density at radius 3 is 2.65 bits per heavy atom. The highest BCUT2D eigenvalue weighted by atomic mass is 16.5. The van der Waals surface area contributed by atoms with Crippen LogP contribution in [0.15, 0.2) is 42.6 Å². The number of fused-ring (bicyclic) bond motifs is 2. The number of rotatable bonds is 5. The maximum absolute atomic E-state index is 6.49. The van der Waals surface area contributed by atoms with Crippen LogP contribution in [0.3, 0.4) is 0 Å². The third-order valence-corrected chi connectivity index (χ3v) is 5.44. The van der Waals surface area contributed by atoms with Gasteiger partial charge in [-0.3, -0.25) is 4.57 Å². The van der Waals surface area contributed by atoms with Crippen molar-refractivity contribution in [3.8, 4) is 17.2 Å². The first-order valence-corrected chi connectivity index (χ1v) is 9.70. The Hall–Kier alpha value is -3.98. The number of anilines is 4. The molecule has 1 aliphatic heterocycles. The average Bonchev–Trinajstić information content (AvgIpc) is 3.39. The van der Waals surface area contributed by atoms with Crippen LogP contribution in [0.1, 0.15) is 11.1 Å². The van der Waals surface area contributed by atoms with Crippen molar-refractivity contribution in [1.82, 2.24) is 14.8 Å². The molecule has 2 aromatic heterocycles. The summed E-state index contributed by atoms with van der Waals surface area (Å²) in [4.78, 5) is 0. The van der Waals surface area contributed by atoms with Crippen LogP contribution in [0, 0.1) is 0 Å². The number of nitrogen functional groups attached to an aromatic ring is 2. The van der Waals surface area contributed by atoms with E-state index >= 15 is 0 Å². The Morgan fingerprint density at radius 2 is 1.84 bits per heavy atom. The van der Waals surface area contributed by atoms with E-state index in [9.17, 15) is 0 Å². The van der Waals surface area contributed by atoms with Gasteiger partial charge in [-0.05, 0) is 35.4 Å². The first kappa shape index (κ1) is 19.0. The van der Waals surface area contributed by atoms with E-state index in [0.717, 1.165) is 22.3 Å². The molecule has 0 bridgehead atoms. The molecule has 0 amide bonds. The first-order chi connectivity index (χ1) is 15.1. The number of aromatic nitrogens is 3. The predicted octanol–water partition coefficient (Wildman–Crippen LogP) is 3.38. The molecule has 9 heteroatoms. The second kappa shape index (κ2) is 7.37. The molecule has 3 heterocycles. The highest BCUT2D eigenvalue weighted by Crippen LogP contribution is 2.38. The lowest BCUT2D eigenvalue weighted by Crippen LogP contribution is -2.03. The van der Waals surface area contributed by atoms with Crippen LogP contribution in [-0.2, 0) is 18.0 Å². The van der Waals surface area contributed by atoms with Gasteiger partial charge in [0.25, 0.3) is 0 Å². The van der Waals surface area contributed by atoms with Crippen molar-refractivity contribution < 1.29 is 14.2 Å². The van der Waals surface area contributed by atoms with Crippen molar-refractivity contribution in [3.63, 3.8) is 0 Å². The van der Waals surface area contributed by atoms with Gasteiger partial charge < -0.3 is 31.0 Å². The minimum atomic E-state index is 0.256. The number of nitrogens with zero attached hydrogens (tertiary/aromatic N) is 3. The third-order valence-electron chi connectivity index (χ3n) is 5.44. The molecule has 0 spiro atoms. The van der Waals surface area contributed by atoms with Gasteiger partial charge >= 0.3 is 0 Å². The van der Waals surface area contributed by atoms with E-state index in [1.54, 1.807) is 20.3 Å². The van der Waals surface area contributed by atoms with Gasteiger partial charge in [0.1, 0.15) is 17.3 Å². The molecule has 2 aromatic carbocycles. The summed E-state index contributed by atoms with van der Waals surface area (Å²) in [6.45, 7) is 1.25. The Kier molecular flexibility index (Phi) is 4.52. The Labute approximate surface area is 178 Å². The van der Waals surface area contributed by atoms with Gasteiger partial charge in [0.15, 0.2) is 11.6 Å². The van der Waals surface area contributed by atoms with Crippen LogP contribution in [0.5, 0.6) is 11.5 Å². The summed E-state index contributed by atoms with van der Waals surface area (Å²) in [5, 5.41) is 13.1. The van der Waals surface area contributed by atoms with Gasteiger partial charge in [0.05, 0.1) is 43.9 Å². The standard InChI is InChI=1S/C22H22N6O3/c1-29-15-5-6-17(18(8-15)30-2)28-9-16-19(21(28)24)20(23)26-27-22(16)25-14-4-3-12-10-31-11-13(12)7-14/h3-9H,10-11,24H2,1-2H3,(H2,23,26)(H,25,27). The topological polar surface area (TPSA) is 122 Å². The fourth-order valence-corrected chi connectivity index (χ4v) is 3.84. The van der Waals surface area contributed by atoms with E-state index < -0.39 is 0 Å². The molecule has 4 aromatic rings. The molecule has 0 saturated heterocycles. The SMILES string of the molecule is COc1ccc(-n2cc3c(Nc4ccc5c(c4)COC5)nnc(N)c3c2N)c(OC)c1. The van der Waals surface area contributed by atoms with Gasteiger partial charge in [0, 0.05) is 18.0 Å². The molecule has 0 fully saturated rings. The van der Waals surface area contributed by atoms with Crippen molar-refractivity contribution in [2.75, 3.05) is 31.0 Å². The molecule has 31 heavy (non-hydrogen) atoms. The number of methoxy groups -OCH3 is 2. The zero-order valence-electron chi connectivity index (χ0n) is 17.2. The van der Waals surface area contributed by atoms with Gasteiger partial charge in [-0.15, -0.1) is 10.2 Å². The van der Waals surface area contributed by atoms with E-state index in [-0.39, 0.29) is 5.82 Å². The molecule has 5 rings (SSSR count). The molecule has 5 N–H and O–H groups in total. The van der Waals surface area contributed by atoms with Crippen LogP contribution < -0.4 is 26.3 Å². The minimum absolute atomic E-state index is 0.256. The largest absolute Gasteiger partial charge is 0.497 e. The van der Waals surface area contributed by atoms with Crippen LogP contribution in [0.2, 0.25) is 0 Å². The number of nitrogens with one attached hydrogen (secondary N) is 1. The molecule has 0 saturated carbocycles. The second-order valence-corrected chi connectivity index (χ2v) is 7.25. The predicted molar refractivity (Wildman–Crippen MR) is 119 cm³/mol. The minimum Gasteiger partial charge on any atom is -0.497 e. The number of hydrogen-bond donors (Lipinski definition) is 3. The van der Waals surface area contributed by atoms with Gasteiger partial charge in [-0.25, -0.2) is 0 Å². The number of nitrogens with two attached hydrogens (primary N) is 2. The maximum atomic E-state index is 6.49.